The average molecular weight is 276 g/mol. The molecule has 108 valence electrons. The molecule has 0 radical (unpaired) electrons. The predicted octanol–water partition coefficient (Wildman–Crippen LogP) is 3.03. The number of rotatable bonds is 3. The summed E-state index contributed by atoms with van der Waals surface area (Å²) in [4.78, 5) is 8.42. The molecular formula is C12H19F3N4. The van der Waals surface area contributed by atoms with Gasteiger partial charge in [-0.25, -0.2) is 9.97 Å². The third kappa shape index (κ3) is 4.57. The van der Waals surface area contributed by atoms with Gasteiger partial charge in [-0.1, -0.05) is 20.8 Å². The zero-order chi connectivity index (χ0) is 14.8. The summed E-state index contributed by atoms with van der Waals surface area (Å²) in [6.45, 7) is 7.19. The first-order valence-electron chi connectivity index (χ1n) is 5.96. The fourth-order valence-electron chi connectivity index (χ4n) is 1.36. The fourth-order valence-corrected chi connectivity index (χ4v) is 1.36. The summed E-state index contributed by atoms with van der Waals surface area (Å²) in [6.07, 6.45) is -5.10. The van der Waals surface area contributed by atoms with Crippen molar-refractivity contribution in [3.8, 4) is 0 Å². The summed E-state index contributed by atoms with van der Waals surface area (Å²) in [6, 6.07) is 0. The molecule has 1 heterocycles. The van der Waals surface area contributed by atoms with Gasteiger partial charge in [0.25, 0.3) is 0 Å². The van der Waals surface area contributed by atoms with E-state index in [1.165, 1.54) is 0 Å². The Kier molecular flexibility index (Phi) is 4.27. The molecule has 0 unspecified atom stereocenters. The maximum atomic E-state index is 12.1. The van der Waals surface area contributed by atoms with E-state index in [1.807, 2.05) is 20.8 Å². The van der Waals surface area contributed by atoms with Crippen molar-refractivity contribution in [1.29, 1.82) is 0 Å². The Labute approximate surface area is 110 Å². The molecular weight excluding hydrogens is 257 g/mol. The van der Waals surface area contributed by atoms with Crippen LogP contribution in [0.5, 0.6) is 0 Å². The van der Waals surface area contributed by atoms with Crippen molar-refractivity contribution in [3.05, 3.63) is 11.4 Å². The Morgan fingerprint density at radius 1 is 1.16 bits per heavy atom. The molecule has 0 spiro atoms. The van der Waals surface area contributed by atoms with E-state index in [-0.39, 0.29) is 17.8 Å². The molecule has 1 aromatic rings. The predicted molar refractivity (Wildman–Crippen MR) is 69.0 cm³/mol. The monoisotopic (exact) mass is 276 g/mol. The van der Waals surface area contributed by atoms with E-state index in [1.54, 1.807) is 6.92 Å². The third-order valence-electron chi connectivity index (χ3n) is 2.56. The molecule has 0 saturated heterocycles. The number of nitrogen functional groups attached to an aromatic ring is 1. The zero-order valence-corrected chi connectivity index (χ0v) is 11.5. The molecule has 7 heteroatoms. The Hall–Kier alpha value is -1.53. The number of hydrogen-bond donors (Lipinski definition) is 2. The minimum atomic E-state index is -4.19. The lowest BCUT2D eigenvalue weighted by Crippen LogP contribution is -2.21. The summed E-state index contributed by atoms with van der Waals surface area (Å²) in [7, 11) is 0. The van der Waals surface area contributed by atoms with E-state index >= 15 is 0 Å². The van der Waals surface area contributed by atoms with Gasteiger partial charge in [0, 0.05) is 17.5 Å². The van der Waals surface area contributed by atoms with Crippen LogP contribution >= 0.6 is 0 Å². The molecule has 0 bridgehead atoms. The van der Waals surface area contributed by atoms with Gasteiger partial charge in [0.2, 0.25) is 0 Å². The van der Waals surface area contributed by atoms with Gasteiger partial charge in [-0.05, 0) is 6.92 Å². The van der Waals surface area contributed by atoms with Gasteiger partial charge in [0.05, 0.1) is 6.42 Å². The molecule has 0 aromatic carbocycles. The Balaban J connectivity index is 2.91. The molecule has 0 aliphatic heterocycles. The third-order valence-corrected chi connectivity index (χ3v) is 2.56. The van der Waals surface area contributed by atoms with E-state index in [9.17, 15) is 13.2 Å². The number of nitrogens with zero attached hydrogens (tertiary/aromatic N) is 2. The van der Waals surface area contributed by atoms with Crippen molar-refractivity contribution < 1.29 is 13.2 Å². The molecule has 3 N–H and O–H groups in total. The second-order valence-corrected chi connectivity index (χ2v) is 5.45. The molecule has 0 saturated carbocycles. The van der Waals surface area contributed by atoms with Crippen LogP contribution in [0.1, 0.15) is 38.6 Å². The van der Waals surface area contributed by atoms with Crippen LogP contribution in [0.3, 0.4) is 0 Å². The van der Waals surface area contributed by atoms with Crippen molar-refractivity contribution in [2.45, 2.75) is 45.7 Å². The normalized spacial score (nSPS) is 12.6. The van der Waals surface area contributed by atoms with Crippen LogP contribution in [0.15, 0.2) is 0 Å². The first-order chi connectivity index (χ1) is 8.50. The van der Waals surface area contributed by atoms with E-state index < -0.39 is 12.6 Å². The highest BCUT2D eigenvalue weighted by molar-refractivity contribution is 5.55. The molecule has 0 fully saturated rings. The average Bonchev–Trinajstić information content (AvgIpc) is 2.20. The summed E-state index contributed by atoms with van der Waals surface area (Å²) in [5.74, 6) is 1.15. The lowest BCUT2D eigenvalue weighted by atomic mass is 9.95. The summed E-state index contributed by atoms with van der Waals surface area (Å²) < 4.78 is 36.3. The van der Waals surface area contributed by atoms with Crippen LogP contribution in [0.4, 0.5) is 24.8 Å². The smallest absolute Gasteiger partial charge is 0.383 e. The van der Waals surface area contributed by atoms with Gasteiger partial charge in [-0.3, -0.25) is 0 Å². The largest absolute Gasteiger partial charge is 0.390 e. The second kappa shape index (κ2) is 5.22. The highest BCUT2D eigenvalue weighted by atomic mass is 19.4. The number of nitrogens with one attached hydrogen (secondary N) is 1. The minimum absolute atomic E-state index is 0.232. The van der Waals surface area contributed by atoms with E-state index in [4.69, 9.17) is 5.73 Å². The van der Waals surface area contributed by atoms with Gasteiger partial charge in [0.15, 0.2) is 0 Å². The fraction of sp³-hybridized carbons (Fsp3) is 0.667. The molecule has 1 aromatic heterocycles. The SMILES string of the molecule is Cc1c(N)nc(C(C)(C)C)nc1NCCC(F)(F)F. The van der Waals surface area contributed by atoms with Crippen LogP contribution in [-0.2, 0) is 5.41 Å². The number of aromatic nitrogens is 2. The Bertz CT molecular complexity index is 450. The lowest BCUT2D eigenvalue weighted by molar-refractivity contribution is -0.131. The number of nitrogens with two attached hydrogens (primary N) is 1. The number of halogens is 3. The molecule has 19 heavy (non-hydrogen) atoms. The van der Waals surface area contributed by atoms with Crippen molar-refractivity contribution in [2.75, 3.05) is 17.6 Å². The standard InChI is InChI=1S/C12H19F3N4/c1-7-8(16)18-10(11(2,3)4)19-9(7)17-6-5-12(13,14)15/h5-6H2,1-4H3,(H3,16,17,18,19). The summed E-state index contributed by atoms with van der Waals surface area (Å²) >= 11 is 0. The van der Waals surface area contributed by atoms with Gasteiger partial charge in [-0.2, -0.15) is 13.2 Å². The topological polar surface area (TPSA) is 63.8 Å². The van der Waals surface area contributed by atoms with Crippen molar-refractivity contribution in [2.24, 2.45) is 0 Å². The van der Waals surface area contributed by atoms with Crippen molar-refractivity contribution in [3.63, 3.8) is 0 Å². The van der Waals surface area contributed by atoms with E-state index in [0.29, 0.717) is 17.2 Å². The van der Waals surface area contributed by atoms with E-state index in [2.05, 4.69) is 15.3 Å². The molecule has 0 aliphatic carbocycles. The Morgan fingerprint density at radius 3 is 2.21 bits per heavy atom. The summed E-state index contributed by atoms with van der Waals surface area (Å²) in [5, 5.41) is 2.67. The van der Waals surface area contributed by atoms with Crippen LogP contribution < -0.4 is 11.1 Å². The lowest BCUT2D eigenvalue weighted by Gasteiger charge is -2.20. The molecule has 4 nitrogen and oxygen atoms in total. The molecule has 0 aliphatic rings. The minimum Gasteiger partial charge on any atom is -0.383 e. The van der Waals surface area contributed by atoms with Gasteiger partial charge in [-0.15, -0.1) is 0 Å². The quantitative estimate of drug-likeness (QED) is 0.890. The highest BCUT2D eigenvalue weighted by Crippen LogP contribution is 2.25. The maximum Gasteiger partial charge on any atom is 0.390 e. The van der Waals surface area contributed by atoms with Crippen LogP contribution in [0, 0.1) is 6.92 Å². The van der Waals surface area contributed by atoms with Gasteiger partial charge < -0.3 is 11.1 Å². The number of hydrogen-bond acceptors (Lipinski definition) is 4. The van der Waals surface area contributed by atoms with Crippen molar-refractivity contribution >= 4 is 11.6 Å². The second-order valence-electron chi connectivity index (χ2n) is 5.45. The first-order valence-corrected chi connectivity index (χ1v) is 5.96. The highest BCUT2D eigenvalue weighted by Gasteiger charge is 2.26. The van der Waals surface area contributed by atoms with Crippen LogP contribution in [-0.4, -0.2) is 22.7 Å². The van der Waals surface area contributed by atoms with Crippen LogP contribution in [0.25, 0.3) is 0 Å². The van der Waals surface area contributed by atoms with Gasteiger partial charge in [0.1, 0.15) is 17.5 Å². The summed E-state index contributed by atoms with van der Waals surface area (Å²) in [5.41, 5.74) is 6.01. The van der Waals surface area contributed by atoms with Gasteiger partial charge >= 0.3 is 6.18 Å². The molecule has 1 rings (SSSR count). The first kappa shape index (κ1) is 15.5. The van der Waals surface area contributed by atoms with Crippen molar-refractivity contribution in [1.82, 2.24) is 9.97 Å². The Morgan fingerprint density at radius 2 is 1.74 bits per heavy atom. The maximum absolute atomic E-state index is 12.1. The molecule has 0 amide bonds. The van der Waals surface area contributed by atoms with E-state index in [0.717, 1.165) is 0 Å². The zero-order valence-electron chi connectivity index (χ0n) is 11.5. The molecule has 0 atom stereocenters. The number of anilines is 2. The van der Waals surface area contributed by atoms with Crippen LogP contribution in [0.2, 0.25) is 0 Å². The number of alkyl halides is 3.